The normalized spacial score (nSPS) is 10.0. The van der Waals surface area contributed by atoms with Crippen LogP contribution in [0.5, 0.6) is 0 Å². The molecule has 0 saturated heterocycles. The lowest BCUT2D eigenvalue weighted by atomic mass is 10.7. The Morgan fingerprint density at radius 3 is 2.62 bits per heavy atom. The highest BCUT2D eigenvalue weighted by molar-refractivity contribution is 5.73. The number of ether oxygens (including phenoxy) is 1. The fourth-order valence-corrected chi connectivity index (χ4v) is 0.704. The van der Waals surface area contributed by atoms with Crippen molar-refractivity contribution in [2.75, 3.05) is 33.0 Å². The van der Waals surface area contributed by atoms with E-state index in [-0.39, 0.29) is 12.6 Å². The third kappa shape index (κ3) is 6.32. The third-order valence-corrected chi connectivity index (χ3v) is 1.27. The summed E-state index contributed by atoms with van der Waals surface area (Å²) in [5.41, 5.74) is 5.19. The van der Waals surface area contributed by atoms with E-state index in [1.807, 2.05) is 6.92 Å². The predicted molar refractivity (Wildman–Crippen MR) is 48.2 cm³/mol. The van der Waals surface area contributed by atoms with E-state index >= 15 is 0 Å². The summed E-state index contributed by atoms with van der Waals surface area (Å²) in [4.78, 5) is 5.08. The smallest absolute Gasteiger partial charge is 0.212 e. The van der Waals surface area contributed by atoms with Crippen LogP contribution in [0, 0.1) is 5.41 Å². The molecule has 0 unspecified atom stereocenters. The van der Waals surface area contributed by atoms with E-state index < -0.39 is 0 Å². The molecule has 0 atom stereocenters. The Bertz CT molecular complexity index is 143. The molecule has 6 heteroatoms. The second-order valence-corrected chi connectivity index (χ2v) is 2.25. The minimum atomic E-state index is -0.121. The predicted octanol–water partition coefficient (Wildman–Crippen LogP) is -0.858. The van der Waals surface area contributed by atoms with Gasteiger partial charge in [-0.3, -0.25) is 10.2 Å². The van der Waals surface area contributed by atoms with Crippen molar-refractivity contribution >= 4 is 5.96 Å². The molecule has 0 aromatic heterocycles. The van der Waals surface area contributed by atoms with Crippen LogP contribution in [0.25, 0.3) is 0 Å². The Labute approximate surface area is 77.7 Å². The highest BCUT2D eigenvalue weighted by Crippen LogP contribution is 1.88. The summed E-state index contributed by atoms with van der Waals surface area (Å²) in [6.07, 6.45) is 0. The highest BCUT2D eigenvalue weighted by atomic mass is 16.7. The molecular formula is C7H17N3O3. The Balaban J connectivity index is 3.33. The SMILES string of the molecule is CCN(OCCOCCO)C(=N)N. The first kappa shape index (κ1) is 12.2. The molecule has 0 radical (unpaired) electrons. The Kier molecular flexibility index (Phi) is 7.27. The van der Waals surface area contributed by atoms with Crippen molar-refractivity contribution in [3.8, 4) is 0 Å². The van der Waals surface area contributed by atoms with Crippen molar-refractivity contribution in [1.29, 1.82) is 5.41 Å². The van der Waals surface area contributed by atoms with Gasteiger partial charge in [-0.05, 0) is 6.92 Å². The van der Waals surface area contributed by atoms with Crippen molar-refractivity contribution in [2.24, 2.45) is 5.73 Å². The summed E-state index contributed by atoms with van der Waals surface area (Å²) >= 11 is 0. The van der Waals surface area contributed by atoms with Crippen LogP contribution >= 0.6 is 0 Å². The van der Waals surface area contributed by atoms with Gasteiger partial charge in [0.25, 0.3) is 0 Å². The van der Waals surface area contributed by atoms with E-state index in [1.54, 1.807) is 0 Å². The van der Waals surface area contributed by atoms with Crippen LogP contribution in [0.4, 0.5) is 0 Å². The molecule has 0 heterocycles. The first-order valence-electron chi connectivity index (χ1n) is 4.15. The number of hydrogen-bond donors (Lipinski definition) is 3. The zero-order chi connectivity index (χ0) is 10.1. The summed E-state index contributed by atoms with van der Waals surface area (Å²) in [5.74, 6) is -0.121. The van der Waals surface area contributed by atoms with Gasteiger partial charge in [-0.2, -0.15) is 0 Å². The van der Waals surface area contributed by atoms with Crippen molar-refractivity contribution in [3.05, 3.63) is 0 Å². The van der Waals surface area contributed by atoms with Crippen LogP contribution in [0.2, 0.25) is 0 Å². The first-order valence-corrected chi connectivity index (χ1v) is 4.15. The molecule has 0 spiro atoms. The van der Waals surface area contributed by atoms with Crippen LogP contribution in [0.15, 0.2) is 0 Å². The van der Waals surface area contributed by atoms with Gasteiger partial charge in [-0.25, -0.2) is 5.06 Å². The molecule has 0 bridgehead atoms. The van der Waals surface area contributed by atoms with Crippen LogP contribution in [0.1, 0.15) is 6.92 Å². The maximum atomic E-state index is 8.38. The molecule has 0 saturated carbocycles. The first-order chi connectivity index (χ1) is 6.22. The molecule has 0 aromatic carbocycles. The summed E-state index contributed by atoms with van der Waals surface area (Å²) in [5, 5.41) is 16.7. The molecule has 0 aliphatic heterocycles. The summed E-state index contributed by atoms with van der Waals surface area (Å²) in [6, 6.07) is 0. The minimum absolute atomic E-state index is 0.00417. The van der Waals surface area contributed by atoms with Gasteiger partial charge in [0.15, 0.2) is 0 Å². The number of aliphatic hydroxyl groups is 1. The minimum Gasteiger partial charge on any atom is -0.394 e. The molecule has 0 amide bonds. The number of nitrogens with one attached hydrogen (secondary N) is 1. The number of nitrogens with zero attached hydrogens (tertiary/aromatic N) is 1. The van der Waals surface area contributed by atoms with Crippen LogP contribution in [-0.4, -0.2) is 49.1 Å². The van der Waals surface area contributed by atoms with Gasteiger partial charge in [0.1, 0.15) is 0 Å². The van der Waals surface area contributed by atoms with Crippen molar-refractivity contribution in [3.63, 3.8) is 0 Å². The van der Waals surface area contributed by atoms with Gasteiger partial charge in [0.2, 0.25) is 5.96 Å². The van der Waals surface area contributed by atoms with Gasteiger partial charge in [-0.15, -0.1) is 0 Å². The van der Waals surface area contributed by atoms with E-state index in [0.29, 0.717) is 26.4 Å². The number of rotatable bonds is 7. The Morgan fingerprint density at radius 2 is 2.15 bits per heavy atom. The van der Waals surface area contributed by atoms with Crippen LogP contribution in [-0.2, 0) is 9.57 Å². The zero-order valence-corrected chi connectivity index (χ0v) is 7.82. The summed E-state index contributed by atoms with van der Waals surface area (Å²) < 4.78 is 4.94. The lowest BCUT2D eigenvalue weighted by molar-refractivity contribution is -0.115. The average molecular weight is 191 g/mol. The average Bonchev–Trinajstić information content (AvgIpc) is 2.10. The van der Waals surface area contributed by atoms with Crippen molar-refractivity contribution in [2.45, 2.75) is 6.92 Å². The van der Waals surface area contributed by atoms with E-state index in [2.05, 4.69) is 0 Å². The molecule has 13 heavy (non-hydrogen) atoms. The number of guanidine groups is 1. The lowest BCUT2D eigenvalue weighted by Crippen LogP contribution is -2.37. The Morgan fingerprint density at radius 1 is 1.46 bits per heavy atom. The molecule has 6 nitrogen and oxygen atoms in total. The number of aliphatic hydroxyl groups excluding tert-OH is 1. The molecular weight excluding hydrogens is 174 g/mol. The second-order valence-electron chi connectivity index (χ2n) is 2.25. The molecule has 0 aromatic rings. The van der Waals surface area contributed by atoms with E-state index in [4.69, 9.17) is 25.8 Å². The van der Waals surface area contributed by atoms with Crippen LogP contribution in [0.3, 0.4) is 0 Å². The Hall–Kier alpha value is -0.850. The number of nitrogens with two attached hydrogens (primary N) is 1. The quantitative estimate of drug-likeness (QED) is 0.211. The van der Waals surface area contributed by atoms with Gasteiger partial charge in [-0.1, -0.05) is 0 Å². The van der Waals surface area contributed by atoms with E-state index in [0.717, 1.165) is 0 Å². The fraction of sp³-hybridized carbons (Fsp3) is 0.857. The highest BCUT2D eigenvalue weighted by Gasteiger charge is 2.02. The number of hydroxylamine groups is 2. The fourth-order valence-electron chi connectivity index (χ4n) is 0.704. The second kappa shape index (κ2) is 7.78. The number of hydrogen-bond acceptors (Lipinski definition) is 4. The van der Waals surface area contributed by atoms with Gasteiger partial charge >= 0.3 is 0 Å². The van der Waals surface area contributed by atoms with Gasteiger partial charge < -0.3 is 15.6 Å². The molecule has 0 aliphatic rings. The molecule has 78 valence electrons. The lowest BCUT2D eigenvalue weighted by Gasteiger charge is -2.19. The van der Waals surface area contributed by atoms with Crippen molar-refractivity contribution < 1.29 is 14.7 Å². The third-order valence-electron chi connectivity index (χ3n) is 1.27. The monoisotopic (exact) mass is 191 g/mol. The standard InChI is InChI=1S/C7H17N3O3/c1-2-10(7(8)9)13-6-5-12-4-3-11/h11H,2-6H2,1H3,(H3,8,9). The summed E-state index contributed by atoms with van der Waals surface area (Å²) in [6.45, 7) is 3.36. The maximum absolute atomic E-state index is 8.38. The largest absolute Gasteiger partial charge is 0.394 e. The molecule has 0 aliphatic carbocycles. The van der Waals surface area contributed by atoms with E-state index in [9.17, 15) is 0 Å². The van der Waals surface area contributed by atoms with Crippen LogP contribution < -0.4 is 5.73 Å². The van der Waals surface area contributed by atoms with Gasteiger partial charge in [0, 0.05) is 6.54 Å². The summed E-state index contributed by atoms with van der Waals surface area (Å²) in [7, 11) is 0. The maximum Gasteiger partial charge on any atom is 0.212 e. The molecule has 4 N–H and O–H groups in total. The zero-order valence-electron chi connectivity index (χ0n) is 7.82. The van der Waals surface area contributed by atoms with Crippen molar-refractivity contribution in [1.82, 2.24) is 5.06 Å². The molecule has 0 rings (SSSR count). The van der Waals surface area contributed by atoms with E-state index in [1.165, 1.54) is 5.06 Å². The molecule has 0 fully saturated rings. The topological polar surface area (TPSA) is 91.8 Å². The van der Waals surface area contributed by atoms with Gasteiger partial charge in [0.05, 0.1) is 26.4 Å².